The average Bonchev–Trinajstić information content (AvgIpc) is 2.66. The molecule has 0 saturated heterocycles. The van der Waals surface area contributed by atoms with Crippen LogP contribution in [0.1, 0.15) is 36.6 Å². The predicted octanol–water partition coefficient (Wildman–Crippen LogP) is 4.63. The Labute approximate surface area is 163 Å². The van der Waals surface area contributed by atoms with Crippen molar-refractivity contribution >= 4 is 17.5 Å². The van der Waals surface area contributed by atoms with E-state index < -0.39 is 11.9 Å². The molecule has 3 rings (SSSR count). The van der Waals surface area contributed by atoms with E-state index in [-0.39, 0.29) is 11.8 Å². The van der Waals surface area contributed by atoms with E-state index >= 15 is 0 Å². The molecule has 6 heteroatoms. The fourth-order valence-corrected chi connectivity index (χ4v) is 3.86. The largest absolute Gasteiger partial charge is 0.493 e. The lowest BCUT2D eigenvalue weighted by molar-refractivity contribution is -0.136. The fraction of sp³-hybridized carbons (Fsp3) is 0.381. The number of hydrogen-bond donors (Lipinski definition) is 0. The number of carbonyl (C=O) groups is 1. The molecule has 4 nitrogen and oxygen atoms in total. The van der Waals surface area contributed by atoms with Crippen LogP contribution in [-0.4, -0.2) is 31.6 Å². The maximum Gasteiger partial charge on any atom is 0.225 e. The second-order valence-electron chi connectivity index (χ2n) is 6.88. The zero-order chi connectivity index (χ0) is 19.7. The summed E-state index contributed by atoms with van der Waals surface area (Å²) in [5.74, 6) is 0.460. The SMILES string of the molecule is COc1cc2c(cc1OC)[C@H](c1c(F)cccc1Cl)N(C(=O)C(C)C)CC2. The van der Waals surface area contributed by atoms with Gasteiger partial charge in [-0.2, -0.15) is 0 Å². The molecular weight excluding hydrogens is 369 g/mol. The number of methoxy groups -OCH3 is 2. The van der Waals surface area contributed by atoms with Gasteiger partial charge in [-0.1, -0.05) is 31.5 Å². The summed E-state index contributed by atoms with van der Waals surface area (Å²) in [5.41, 5.74) is 2.10. The molecule has 144 valence electrons. The summed E-state index contributed by atoms with van der Waals surface area (Å²) in [6, 6.07) is 7.68. The van der Waals surface area contributed by atoms with Crippen LogP contribution >= 0.6 is 11.6 Å². The van der Waals surface area contributed by atoms with Crippen molar-refractivity contribution in [3.63, 3.8) is 0 Å². The lowest BCUT2D eigenvalue weighted by atomic mass is 9.86. The first-order chi connectivity index (χ1) is 12.9. The van der Waals surface area contributed by atoms with E-state index in [1.807, 2.05) is 26.0 Å². The zero-order valence-electron chi connectivity index (χ0n) is 15.9. The van der Waals surface area contributed by atoms with Crippen molar-refractivity contribution < 1.29 is 18.7 Å². The summed E-state index contributed by atoms with van der Waals surface area (Å²) in [5, 5.41) is 0.296. The van der Waals surface area contributed by atoms with Crippen molar-refractivity contribution in [1.82, 2.24) is 4.90 Å². The molecule has 1 heterocycles. The highest BCUT2D eigenvalue weighted by Crippen LogP contribution is 2.43. The minimum Gasteiger partial charge on any atom is -0.493 e. The van der Waals surface area contributed by atoms with E-state index in [1.54, 1.807) is 31.3 Å². The molecule has 0 unspecified atom stereocenters. The van der Waals surface area contributed by atoms with Gasteiger partial charge in [0.05, 0.1) is 20.3 Å². The number of fused-ring (bicyclic) bond motifs is 1. The van der Waals surface area contributed by atoms with Crippen LogP contribution in [0.3, 0.4) is 0 Å². The Morgan fingerprint density at radius 2 is 1.89 bits per heavy atom. The van der Waals surface area contributed by atoms with Crippen molar-refractivity contribution in [2.75, 3.05) is 20.8 Å². The van der Waals surface area contributed by atoms with E-state index in [0.29, 0.717) is 35.1 Å². The van der Waals surface area contributed by atoms with Crippen molar-refractivity contribution in [2.45, 2.75) is 26.3 Å². The molecule has 1 aliphatic heterocycles. The van der Waals surface area contributed by atoms with Crippen LogP contribution in [0.15, 0.2) is 30.3 Å². The van der Waals surface area contributed by atoms with Gasteiger partial charge in [-0.25, -0.2) is 4.39 Å². The Morgan fingerprint density at radius 1 is 1.22 bits per heavy atom. The quantitative estimate of drug-likeness (QED) is 0.763. The topological polar surface area (TPSA) is 38.8 Å². The van der Waals surface area contributed by atoms with Crippen molar-refractivity contribution in [3.05, 3.63) is 57.9 Å². The van der Waals surface area contributed by atoms with E-state index in [9.17, 15) is 9.18 Å². The second-order valence-corrected chi connectivity index (χ2v) is 7.29. The Hall–Kier alpha value is -2.27. The molecule has 27 heavy (non-hydrogen) atoms. The summed E-state index contributed by atoms with van der Waals surface area (Å²) in [4.78, 5) is 14.6. The van der Waals surface area contributed by atoms with Gasteiger partial charge in [-0.05, 0) is 41.8 Å². The number of amides is 1. The van der Waals surface area contributed by atoms with Gasteiger partial charge in [0.15, 0.2) is 11.5 Å². The summed E-state index contributed by atoms with van der Waals surface area (Å²) in [7, 11) is 3.13. The predicted molar refractivity (Wildman–Crippen MR) is 103 cm³/mol. The van der Waals surface area contributed by atoms with Crippen molar-refractivity contribution in [3.8, 4) is 11.5 Å². The second kappa shape index (κ2) is 7.77. The summed E-state index contributed by atoms with van der Waals surface area (Å²) >= 11 is 6.38. The van der Waals surface area contributed by atoms with Crippen LogP contribution in [0.25, 0.3) is 0 Å². The van der Waals surface area contributed by atoms with Crippen LogP contribution in [0.2, 0.25) is 5.02 Å². The smallest absolute Gasteiger partial charge is 0.225 e. The maximum absolute atomic E-state index is 14.8. The van der Waals surface area contributed by atoms with Crippen LogP contribution in [0, 0.1) is 11.7 Å². The van der Waals surface area contributed by atoms with Gasteiger partial charge >= 0.3 is 0 Å². The third-order valence-corrected chi connectivity index (χ3v) is 5.25. The van der Waals surface area contributed by atoms with Gasteiger partial charge in [0, 0.05) is 23.0 Å². The van der Waals surface area contributed by atoms with Crippen LogP contribution < -0.4 is 9.47 Å². The number of nitrogens with zero attached hydrogens (tertiary/aromatic N) is 1. The first kappa shape index (κ1) is 19.5. The third kappa shape index (κ3) is 3.48. The first-order valence-electron chi connectivity index (χ1n) is 8.88. The van der Waals surface area contributed by atoms with Gasteiger partial charge in [-0.15, -0.1) is 0 Å². The van der Waals surface area contributed by atoms with Gasteiger partial charge in [0.1, 0.15) is 5.82 Å². The molecule has 0 fully saturated rings. The molecule has 1 aliphatic rings. The summed E-state index contributed by atoms with van der Waals surface area (Å²) < 4.78 is 25.6. The highest BCUT2D eigenvalue weighted by molar-refractivity contribution is 6.31. The molecule has 0 radical (unpaired) electrons. The van der Waals surface area contributed by atoms with E-state index in [2.05, 4.69) is 0 Å². The van der Waals surface area contributed by atoms with Gasteiger partial charge in [0.25, 0.3) is 0 Å². The van der Waals surface area contributed by atoms with Gasteiger partial charge < -0.3 is 14.4 Å². The molecule has 0 N–H and O–H groups in total. The number of rotatable bonds is 4. The maximum atomic E-state index is 14.8. The Kier molecular flexibility index (Phi) is 5.61. The van der Waals surface area contributed by atoms with E-state index in [1.165, 1.54) is 6.07 Å². The lowest BCUT2D eigenvalue weighted by Gasteiger charge is -2.39. The molecular formula is C21H23ClFNO3. The lowest BCUT2D eigenvalue weighted by Crippen LogP contribution is -2.43. The number of hydrogen-bond acceptors (Lipinski definition) is 3. The van der Waals surface area contributed by atoms with Crippen LogP contribution in [-0.2, 0) is 11.2 Å². The fourth-order valence-electron chi connectivity index (χ4n) is 3.60. The zero-order valence-corrected chi connectivity index (χ0v) is 16.6. The average molecular weight is 392 g/mol. The monoisotopic (exact) mass is 391 g/mol. The molecule has 0 saturated carbocycles. The first-order valence-corrected chi connectivity index (χ1v) is 9.26. The van der Waals surface area contributed by atoms with Gasteiger partial charge in [0.2, 0.25) is 5.91 Å². The standard InChI is InChI=1S/C21H23ClFNO3/c1-12(2)21(25)24-9-8-13-10-17(26-3)18(27-4)11-14(13)20(24)19-15(22)6-5-7-16(19)23/h5-7,10-12,20H,8-9H2,1-4H3/t20-/m1/s1. The molecule has 0 bridgehead atoms. The van der Waals surface area contributed by atoms with Crippen LogP contribution in [0.4, 0.5) is 4.39 Å². The Balaban J connectivity index is 2.25. The highest BCUT2D eigenvalue weighted by Gasteiger charge is 2.36. The number of benzene rings is 2. The van der Waals surface area contributed by atoms with E-state index in [4.69, 9.17) is 21.1 Å². The molecule has 2 aromatic carbocycles. The minimum absolute atomic E-state index is 0.0419. The van der Waals surface area contributed by atoms with Crippen molar-refractivity contribution in [2.24, 2.45) is 5.92 Å². The number of ether oxygens (including phenoxy) is 2. The molecule has 1 atom stereocenters. The highest BCUT2D eigenvalue weighted by atomic mass is 35.5. The molecule has 2 aromatic rings. The summed E-state index contributed by atoms with van der Waals surface area (Å²) in [6.45, 7) is 4.16. The molecule has 0 spiro atoms. The summed E-state index contributed by atoms with van der Waals surface area (Å²) in [6.07, 6.45) is 0.650. The number of carbonyl (C=O) groups excluding carboxylic acids is 1. The normalized spacial score (nSPS) is 16.3. The minimum atomic E-state index is -0.614. The Bertz CT molecular complexity index is 848. The van der Waals surface area contributed by atoms with Crippen molar-refractivity contribution in [1.29, 1.82) is 0 Å². The van der Waals surface area contributed by atoms with Gasteiger partial charge in [-0.3, -0.25) is 4.79 Å². The Morgan fingerprint density at radius 3 is 2.48 bits per heavy atom. The third-order valence-electron chi connectivity index (χ3n) is 4.92. The number of halogens is 2. The molecule has 1 amide bonds. The molecule has 0 aliphatic carbocycles. The molecule has 0 aromatic heterocycles. The van der Waals surface area contributed by atoms with Crippen LogP contribution in [0.5, 0.6) is 11.5 Å². The van der Waals surface area contributed by atoms with E-state index in [0.717, 1.165) is 11.1 Å².